The van der Waals surface area contributed by atoms with E-state index in [4.69, 9.17) is 4.74 Å². The molecular formula is C20H23F3N2O2. The number of hydrogen-bond acceptors (Lipinski definition) is 4. The topological polar surface area (TPSA) is 35.9 Å². The first-order valence-corrected chi connectivity index (χ1v) is 8.83. The van der Waals surface area contributed by atoms with Crippen molar-refractivity contribution in [2.75, 3.05) is 38.2 Å². The minimum absolute atomic E-state index is 0.0690. The molecule has 1 saturated heterocycles. The summed E-state index contributed by atoms with van der Waals surface area (Å²) in [4.78, 5) is 4.02. The van der Waals surface area contributed by atoms with Gasteiger partial charge in [-0.2, -0.15) is 13.2 Å². The summed E-state index contributed by atoms with van der Waals surface area (Å²) in [7, 11) is 1.50. The Hall–Kier alpha value is -2.41. The quantitative estimate of drug-likeness (QED) is 0.858. The van der Waals surface area contributed by atoms with Crippen LogP contribution in [0, 0.1) is 0 Å². The van der Waals surface area contributed by atoms with Crippen molar-refractivity contribution in [3.63, 3.8) is 0 Å². The summed E-state index contributed by atoms with van der Waals surface area (Å²) >= 11 is 0. The standard InChI is InChI=1S/C20H23F3N2O2/c1-14(15-7-8-18(26)19(13-15)27-2)24-9-11-25(12-10-24)17-6-4-3-5-16(17)20(21,22)23/h3-8,13-14,26H,9-12H2,1-2H3. The van der Waals surface area contributed by atoms with E-state index in [1.165, 1.54) is 19.2 Å². The number of halogens is 3. The Morgan fingerprint density at radius 2 is 1.70 bits per heavy atom. The van der Waals surface area contributed by atoms with E-state index in [0.29, 0.717) is 31.9 Å². The Bertz CT molecular complexity index is 787. The first-order valence-electron chi connectivity index (χ1n) is 8.83. The van der Waals surface area contributed by atoms with E-state index in [-0.39, 0.29) is 17.5 Å². The van der Waals surface area contributed by atoms with Crippen LogP contribution in [-0.4, -0.2) is 43.3 Å². The van der Waals surface area contributed by atoms with Crippen molar-refractivity contribution in [1.82, 2.24) is 4.90 Å². The van der Waals surface area contributed by atoms with Crippen molar-refractivity contribution in [3.8, 4) is 11.5 Å². The zero-order valence-corrected chi connectivity index (χ0v) is 15.3. The lowest BCUT2D eigenvalue weighted by atomic mass is 10.0. The van der Waals surface area contributed by atoms with E-state index in [9.17, 15) is 18.3 Å². The minimum Gasteiger partial charge on any atom is -0.504 e. The number of ether oxygens (including phenoxy) is 1. The van der Waals surface area contributed by atoms with Gasteiger partial charge in [0.25, 0.3) is 0 Å². The van der Waals surface area contributed by atoms with Gasteiger partial charge in [-0.1, -0.05) is 18.2 Å². The van der Waals surface area contributed by atoms with Gasteiger partial charge < -0.3 is 14.7 Å². The molecule has 3 rings (SSSR count). The van der Waals surface area contributed by atoms with Crippen LogP contribution in [0.1, 0.15) is 24.1 Å². The molecule has 1 aliphatic rings. The van der Waals surface area contributed by atoms with Crippen LogP contribution in [0.2, 0.25) is 0 Å². The third-order valence-corrected chi connectivity index (χ3v) is 5.10. The van der Waals surface area contributed by atoms with Gasteiger partial charge in [0.15, 0.2) is 11.5 Å². The molecule has 2 aromatic carbocycles. The van der Waals surface area contributed by atoms with Gasteiger partial charge in [0.2, 0.25) is 0 Å². The van der Waals surface area contributed by atoms with Crippen LogP contribution in [0.5, 0.6) is 11.5 Å². The number of aromatic hydroxyl groups is 1. The Kier molecular flexibility index (Phi) is 5.51. The van der Waals surface area contributed by atoms with Crippen LogP contribution in [0.25, 0.3) is 0 Å². The van der Waals surface area contributed by atoms with E-state index >= 15 is 0 Å². The Labute approximate surface area is 156 Å². The second kappa shape index (κ2) is 7.68. The summed E-state index contributed by atoms with van der Waals surface area (Å²) in [6.45, 7) is 4.39. The molecule has 1 unspecified atom stereocenters. The lowest BCUT2D eigenvalue weighted by Crippen LogP contribution is -2.47. The predicted molar refractivity (Wildman–Crippen MR) is 98.3 cm³/mol. The van der Waals surface area contributed by atoms with Crippen molar-refractivity contribution in [1.29, 1.82) is 0 Å². The van der Waals surface area contributed by atoms with Crippen molar-refractivity contribution in [2.24, 2.45) is 0 Å². The average molecular weight is 380 g/mol. The number of nitrogens with zero attached hydrogens (tertiary/aromatic N) is 2. The number of hydrogen-bond donors (Lipinski definition) is 1. The van der Waals surface area contributed by atoms with Crippen LogP contribution < -0.4 is 9.64 Å². The number of alkyl halides is 3. The molecule has 0 bridgehead atoms. The second-order valence-corrected chi connectivity index (χ2v) is 6.65. The highest BCUT2D eigenvalue weighted by Gasteiger charge is 2.35. The molecule has 0 amide bonds. The second-order valence-electron chi connectivity index (χ2n) is 6.65. The molecular weight excluding hydrogens is 357 g/mol. The van der Waals surface area contributed by atoms with Gasteiger partial charge in [0.05, 0.1) is 12.7 Å². The zero-order chi connectivity index (χ0) is 19.6. The summed E-state index contributed by atoms with van der Waals surface area (Å²) in [6.07, 6.45) is -4.36. The van der Waals surface area contributed by atoms with E-state index in [1.54, 1.807) is 23.1 Å². The largest absolute Gasteiger partial charge is 0.504 e. The average Bonchev–Trinajstić information content (AvgIpc) is 2.67. The number of piperazine rings is 1. The van der Waals surface area contributed by atoms with Gasteiger partial charge >= 0.3 is 6.18 Å². The highest BCUT2D eigenvalue weighted by atomic mass is 19.4. The summed E-state index contributed by atoms with van der Waals surface area (Å²) < 4.78 is 45.0. The molecule has 1 N–H and O–H groups in total. The van der Waals surface area contributed by atoms with Crippen molar-refractivity contribution in [3.05, 3.63) is 53.6 Å². The number of phenolic OH excluding ortho intramolecular Hbond substituents is 1. The Morgan fingerprint density at radius 3 is 2.33 bits per heavy atom. The summed E-state index contributed by atoms with van der Waals surface area (Å²) in [6, 6.07) is 11.0. The van der Waals surface area contributed by atoms with Gasteiger partial charge in [-0.15, -0.1) is 0 Å². The smallest absolute Gasteiger partial charge is 0.418 e. The molecule has 2 aromatic rings. The van der Waals surface area contributed by atoms with E-state index < -0.39 is 11.7 Å². The summed E-state index contributed by atoms with van der Waals surface area (Å²) in [5, 5.41) is 9.74. The molecule has 0 aromatic heterocycles. The highest BCUT2D eigenvalue weighted by molar-refractivity contribution is 5.55. The van der Waals surface area contributed by atoms with E-state index in [0.717, 1.165) is 11.6 Å². The summed E-state index contributed by atoms with van der Waals surface area (Å²) in [5.74, 6) is 0.499. The van der Waals surface area contributed by atoms with E-state index in [2.05, 4.69) is 4.90 Å². The van der Waals surface area contributed by atoms with Gasteiger partial charge in [0, 0.05) is 37.9 Å². The van der Waals surface area contributed by atoms with Crippen LogP contribution >= 0.6 is 0 Å². The van der Waals surface area contributed by atoms with Gasteiger partial charge in [-0.25, -0.2) is 0 Å². The van der Waals surface area contributed by atoms with E-state index in [1.807, 2.05) is 13.0 Å². The predicted octanol–water partition coefficient (Wildman–Crippen LogP) is 4.30. The van der Waals surface area contributed by atoms with Crippen LogP contribution in [-0.2, 0) is 6.18 Å². The number of para-hydroxylation sites is 1. The number of methoxy groups -OCH3 is 1. The molecule has 4 nitrogen and oxygen atoms in total. The molecule has 0 radical (unpaired) electrons. The molecule has 0 saturated carbocycles. The maximum absolute atomic E-state index is 13.3. The maximum Gasteiger partial charge on any atom is 0.418 e. The van der Waals surface area contributed by atoms with Crippen LogP contribution in [0.4, 0.5) is 18.9 Å². The van der Waals surface area contributed by atoms with Crippen molar-refractivity contribution in [2.45, 2.75) is 19.1 Å². The van der Waals surface area contributed by atoms with Crippen LogP contribution in [0.3, 0.4) is 0 Å². The fraction of sp³-hybridized carbons (Fsp3) is 0.400. The normalized spacial score (nSPS) is 17.0. The molecule has 7 heteroatoms. The number of benzene rings is 2. The molecule has 0 spiro atoms. The molecule has 1 atom stereocenters. The fourth-order valence-electron chi connectivity index (χ4n) is 3.50. The Morgan fingerprint density at radius 1 is 1.04 bits per heavy atom. The fourth-order valence-corrected chi connectivity index (χ4v) is 3.50. The molecule has 146 valence electrons. The number of phenols is 1. The molecule has 27 heavy (non-hydrogen) atoms. The first-order chi connectivity index (χ1) is 12.8. The highest BCUT2D eigenvalue weighted by Crippen LogP contribution is 2.37. The molecule has 0 aliphatic carbocycles. The number of rotatable bonds is 4. The van der Waals surface area contributed by atoms with Gasteiger partial charge in [0.1, 0.15) is 0 Å². The third kappa shape index (κ3) is 4.13. The monoisotopic (exact) mass is 380 g/mol. The first kappa shape index (κ1) is 19.4. The summed E-state index contributed by atoms with van der Waals surface area (Å²) in [5.41, 5.74) is 0.646. The maximum atomic E-state index is 13.3. The molecule has 1 aliphatic heterocycles. The third-order valence-electron chi connectivity index (χ3n) is 5.10. The van der Waals surface area contributed by atoms with Gasteiger partial charge in [-0.3, -0.25) is 4.90 Å². The zero-order valence-electron chi connectivity index (χ0n) is 15.3. The van der Waals surface area contributed by atoms with Crippen LogP contribution in [0.15, 0.2) is 42.5 Å². The molecule has 1 heterocycles. The lowest BCUT2D eigenvalue weighted by molar-refractivity contribution is -0.137. The van der Waals surface area contributed by atoms with Crippen molar-refractivity contribution >= 4 is 5.69 Å². The van der Waals surface area contributed by atoms with Crippen molar-refractivity contribution < 1.29 is 23.0 Å². The molecule has 1 fully saturated rings. The SMILES string of the molecule is COc1cc(C(C)N2CCN(c3ccccc3C(F)(F)F)CC2)ccc1O. The minimum atomic E-state index is -4.36. The van der Waals surface area contributed by atoms with Gasteiger partial charge in [-0.05, 0) is 36.8 Å². The number of anilines is 1. The Balaban J connectivity index is 1.71. The lowest BCUT2D eigenvalue weighted by Gasteiger charge is -2.40.